The van der Waals surface area contributed by atoms with E-state index >= 15 is 0 Å². The first-order chi connectivity index (χ1) is 9.99. The van der Waals surface area contributed by atoms with Gasteiger partial charge in [0, 0.05) is 31.7 Å². The molecule has 0 radical (unpaired) electrons. The Labute approximate surface area is 130 Å². The van der Waals surface area contributed by atoms with Crippen LogP contribution in [-0.4, -0.2) is 36.6 Å². The molecule has 2 rings (SSSR count). The lowest BCUT2D eigenvalue weighted by atomic mass is 9.92. The predicted octanol–water partition coefficient (Wildman–Crippen LogP) is 3.74. The van der Waals surface area contributed by atoms with Crippen LogP contribution in [0.15, 0.2) is 30.3 Å². The molecule has 2 heteroatoms. The van der Waals surface area contributed by atoms with Crippen molar-refractivity contribution < 1.29 is 0 Å². The average molecular weight is 288 g/mol. The van der Waals surface area contributed by atoms with Gasteiger partial charge in [-0.15, -0.1) is 0 Å². The van der Waals surface area contributed by atoms with Gasteiger partial charge in [0.15, 0.2) is 0 Å². The molecule has 1 fully saturated rings. The molecular formula is C19H32N2. The third kappa shape index (κ3) is 4.31. The molecule has 1 N–H and O–H groups in total. The highest BCUT2D eigenvalue weighted by Crippen LogP contribution is 2.23. The standard InChI is InChI=1S/C19H32N2/c1-14(2)18-13-21(19(11-20-18)15(3)4)12-16(5)17-9-7-6-8-10-17/h6-10,14-16,18-20H,11-13H2,1-5H3. The fourth-order valence-electron chi connectivity index (χ4n) is 3.41. The highest BCUT2D eigenvalue weighted by molar-refractivity contribution is 5.19. The zero-order valence-corrected chi connectivity index (χ0v) is 14.3. The van der Waals surface area contributed by atoms with Crippen molar-refractivity contribution in [3.8, 4) is 0 Å². The van der Waals surface area contributed by atoms with E-state index in [1.165, 1.54) is 12.1 Å². The van der Waals surface area contributed by atoms with Crippen LogP contribution in [0.4, 0.5) is 0 Å². The zero-order chi connectivity index (χ0) is 15.4. The van der Waals surface area contributed by atoms with E-state index in [-0.39, 0.29) is 0 Å². The van der Waals surface area contributed by atoms with Crippen molar-refractivity contribution in [2.45, 2.75) is 52.6 Å². The third-order valence-electron chi connectivity index (χ3n) is 4.94. The van der Waals surface area contributed by atoms with E-state index in [4.69, 9.17) is 0 Å². The SMILES string of the molecule is CC(CN1CC(C(C)C)NCC1C(C)C)c1ccccc1. The summed E-state index contributed by atoms with van der Waals surface area (Å²) in [5, 5.41) is 3.75. The fourth-order valence-corrected chi connectivity index (χ4v) is 3.41. The van der Waals surface area contributed by atoms with Gasteiger partial charge in [-0.3, -0.25) is 4.90 Å². The number of nitrogens with one attached hydrogen (secondary N) is 1. The Hall–Kier alpha value is -0.860. The average Bonchev–Trinajstić information content (AvgIpc) is 2.47. The Morgan fingerprint density at radius 1 is 1.05 bits per heavy atom. The van der Waals surface area contributed by atoms with E-state index < -0.39 is 0 Å². The largest absolute Gasteiger partial charge is 0.311 e. The number of rotatable bonds is 5. The zero-order valence-electron chi connectivity index (χ0n) is 14.3. The van der Waals surface area contributed by atoms with E-state index in [0.29, 0.717) is 29.8 Å². The lowest BCUT2D eigenvalue weighted by Gasteiger charge is -2.44. The maximum Gasteiger partial charge on any atom is 0.0244 e. The second kappa shape index (κ2) is 7.42. The molecule has 2 nitrogen and oxygen atoms in total. The molecule has 0 amide bonds. The van der Waals surface area contributed by atoms with Gasteiger partial charge in [0.05, 0.1) is 0 Å². The topological polar surface area (TPSA) is 15.3 Å². The van der Waals surface area contributed by atoms with Crippen molar-refractivity contribution in [3.05, 3.63) is 35.9 Å². The van der Waals surface area contributed by atoms with E-state index in [1.54, 1.807) is 0 Å². The second-order valence-electron chi connectivity index (χ2n) is 7.34. The van der Waals surface area contributed by atoms with Crippen LogP contribution < -0.4 is 5.32 Å². The van der Waals surface area contributed by atoms with Gasteiger partial charge in [-0.2, -0.15) is 0 Å². The van der Waals surface area contributed by atoms with Gasteiger partial charge in [-0.05, 0) is 23.3 Å². The van der Waals surface area contributed by atoms with Gasteiger partial charge < -0.3 is 5.32 Å². The van der Waals surface area contributed by atoms with Gasteiger partial charge in [0.2, 0.25) is 0 Å². The highest BCUT2D eigenvalue weighted by Gasteiger charge is 2.31. The first kappa shape index (κ1) is 16.5. The molecule has 0 bridgehead atoms. The van der Waals surface area contributed by atoms with Gasteiger partial charge in [-0.25, -0.2) is 0 Å². The minimum absolute atomic E-state index is 0.596. The molecule has 21 heavy (non-hydrogen) atoms. The van der Waals surface area contributed by atoms with Gasteiger partial charge >= 0.3 is 0 Å². The predicted molar refractivity (Wildman–Crippen MR) is 91.7 cm³/mol. The highest BCUT2D eigenvalue weighted by atomic mass is 15.2. The number of benzene rings is 1. The van der Waals surface area contributed by atoms with Crippen molar-refractivity contribution in [3.63, 3.8) is 0 Å². The Bertz CT molecular complexity index is 413. The smallest absolute Gasteiger partial charge is 0.0244 e. The van der Waals surface area contributed by atoms with Crippen LogP contribution in [0, 0.1) is 11.8 Å². The Morgan fingerprint density at radius 2 is 1.71 bits per heavy atom. The molecule has 1 heterocycles. The molecule has 3 atom stereocenters. The van der Waals surface area contributed by atoms with E-state index in [9.17, 15) is 0 Å². The maximum absolute atomic E-state index is 3.75. The van der Waals surface area contributed by atoms with Crippen molar-refractivity contribution in [1.82, 2.24) is 10.2 Å². The fraction of sp³-hybridized carbons (Fsp3) is 0.684. The summed E-state index contributed by atoms with van der Waals surface area (Å²) >= 11 is 0. The van der Waals surface area contributed by atoms with Gasteiger partial charge in [0.25, 0.3) is 0 Å². The molecule has 1 aromatic carbocycles. The van der Waals surface area contributed by atoms with Crippen molar-refractivity contribution in [2.24, 2.45) is 11.8 Å². The molecule has 1 saturated heterocycles. The Morgan fingerprint density at radius 3 is 2.29 bits per heavy atom. The summed E-state index contributed by atoms with van der Waals surface area (Å²) in [7, 11) is 0. The van der Waals surface area contributed by atoms with E-state index in [2.05, 4.69) is 75.2 Å². The molecule has 0 spiro atoms. The summed E-state index contributed by atoms with van der Waals surface area (Å²) in [5.74, 6) is 2.00. The van der Waals surface area contributed by atoms with Crippen LogP contribution in [0.1, 0.15) is 46.1 Å². The number of nitrogens with zero attached hydrogens (tertiary/aromatic N) is 1. The normalized spacial score (nSPS) is 25.5. The monoisotopic (exact) mass is 288 g/mol. The summed E-state index contributed by atoms with van der Waals surface area (Å²) in [6.07, 6.45) is 0. The minimum atomic E-state index is 0.596. The molecule has 1 aromatic rings. The van der Waals surface area contributed by atoms with Gasteiger partial charge in [-0.1, -0.05) is 65.0 Å². The molecule has 1 aliphatic rings. The van der Waals surface area contributed by atoms with Crippen LogP contribution in [0.2, 0.25) is 0 Å². The minimum Gasteiger partial charge on any atom is -0.311 e. The number of hydrogen-bond donors (Lipinski definition) is 1. The quantitative estimate of drug-likeness (QED) is 0.888. The molecule has 0 aromatic heterocycles. The van der Waals surface area contributed by atoms with Crippen molar-refractivity contribution in [2.75, 3.05) is 19.6 Å². The third-order valence-corrected chi connectivity index (χ3v) is 4.94. The van der Waals surface area contributed by atoms with Gasteiger partial charge in [0.1, 0.15) is 0 Å². The Kier molecular flexibility index (Phi) is 5.83. The summed E-state index contributed by atoms with van der Waals surface area (Å²) in [6, 6.07) is 12.2. The molecule has 118 valence electrons. The van der Waals surface area contributed by atoms with Crippen molar-refractivity contribution in [1.29, 1.82) is 0 Å². The summed E-state index contributed by atoms with van der Waals surface area (Å²) in [6.45, 7) is 15.2. The lowest BCUT2D eigenvalue weighted by Crippen LogP contribution is -2.60. The molecule has 0 aliphatic carbocycles. The lowest BCUT2D eigenvalue weighted by molar-refractivity contribution is 0.0805. The summed E-state index contributed by atoms with van der Waals surface area (Å²) in [4.78, 5) is 2.73. The number of hydrogen-bond acceptors (Lipinski definition) is 2. The summed E-state index contributed by atoms with van der Waals surface area (Å²) in [5.41, 5.74) is 1.46. The Balaban J connectivity index is 2.05. The number of piperazine rings is 1. The van der Waals surface area contributed by atoms with Crippen LogP contribution >= 0.6 is 0 Å². The second-order valence-corrected chi connectivity index (χ2v) is 7.34. The molecule has 1 aliphatic heterocycles. The van der Waals surface area contributed by atoms with E-state index in [1.807, 2.05) is 0 Å². The van der Waals surface area contributed by atoms with Crippen LogP contribution in [-0.2, 0) is 0 Å². The summed E-state index contributed by atoms with van der Waals surface area (Å²) < 4.78 is 0. The van der Waals surface area contributed by atoms with Crippen molar-refractivity contribution >= 4 is 0 Å². The maximum atomic E-state index is 3.75. The first-order valence-electron chi connectivity index (χ1n) is 8.51. The van der Waals surface area contributed by atoms with Crippen LogP contribution in [0.3, 0.4) is 0 Å². The molecule has 3 unspecified atom stereocenters. The molecular weight excluding hydrogens is 256 g/mol. The van der Waals surface area contributed by atoms with Crippen LogP contribution in [0.25, 0.3) is 0 Å². The van der Waals surface area contributed by atoms with Crippen LogP contribution in [0.5, 0.6) is 0 Å². The first-order valence-corrected chi connectivity index (χ1v) is 8.51. The van der Waals surface area contributed by atoms with E-state index in [0.717, 1.165) is 13.1 Å². The molecule has 0 saturated carbocycles.